The van der Waals surface area contributed by atoms with Crippen molar-refractivity contribution in [3.05, 3.63) is 119 Å². The molecule has 2 nitrogen and oxygen atoms in total. The van der Waals surface area contributed by atoms with Crippen molar-refractivity contribution in [2.24, 2.45) is 0 Å². The fourth-order valence-corrected chi connectivity index (χ4v) is 4.86. The molecule has 1 heterocycles. The Bertz CT molecular complexity index is 844. The van der Waals surface area contributed by atoms with E-state index in [0.717, 1.165) is 19.5 Å². The molecule has 1 atom stereocenters. The fourth-order valence-electron chi connectivity index (χ4n) is 4.56. The Labute approximate surface area is 178 Å². The lowest BCUT2D eigenvalue weighted by Crippen LogP contribution is -2.52. The Balaban J connectivity index is 1.97. The van der Waals surface area contributed by atoms with Gasteiger partial charge in [-0.2, -0.15) is 12.6 Å². The fraction of sp³-hybridized carbons (Fsp3) is 0.231. The van der Waals surface area contributed by atoms with Gasteiger partial charge in [-0.25, -0.2) is 0 Å². The number of benzene rings is 3. The highest BCUT2D eigenvalue weighted by atomic mass is 32.1. The predicted molar refractivity (Wildman–Crippen MR) is 123 cm³/mol. The first kappa shape index (κ1) is 20.0. The highest BCUT2D eigenvalue weighted by molar-refractivity contribution is 7.81. The van der Waals surface area contributed by atoms with Gasteiger partial charge in [0, 0.05) is 18.3 Å². The van der Waals surface area contributed by atoms with Gasteiger partial charge in [0.2, 0.25) is 0 Å². The maximum Gasteiger partial charge on any atom is 0.0975 e. The largest absolute Gasteiger partial charge is 0.392 e. The average Bonchev–Trinajstić information content (AvgIpc) is 2.79. The van der Waals surface area contributed by atoms with Crippen LogP contribution in [0.3, 0.4) is 0 Å². The van der Waals surface area contributed by atoms with Crippen molar-refractivity contribution in [1.82, 2.24) is 4.90 Å². The smallest absolute Gasteiger partial charge is 0.0975 e. The molecule has 0 aliphatic carbocycles. The molecule has 1 fully saturated rings. The minimum Gasteiger partial charge on any atom is -0.392 e. The lowest BCUT2D eigenvalue weighted by molar-refractivity contribution is 0.153. The second kappa shape index (κ2) is 9.00. The van der Waals surface area contributed by atoms with Gasteiger partial charge >= 0.3 is 0 Å². The molecule has 0 aromatic heterocycles. The molecule has 148 valence electrons. The maximum absolute atomic E-state index is 9.55. The van der Waals surface area contributed by atoms with Crippen molar-refractivity contribution in [2.75, 3.05) is 19.7 Å². The Hall–Kier alpha value is -2.33. The van der Waals surface area contributed by atoms with Gasteiger partial charge in [-0.1, -0.05) is 97.1 Å². The summed E-state index contributed by atoms with van der Waals surface area (Å²) in [5.74, 6) is 0. The highest BCUT2D eigenvalue weighted by Gasteiger charge is 2.43. The van der Waals surface area contributed by atoms with Crippen LogP contribution in [-0.2, 0) is 5.54 Å². The summed E-state index contributed by atoms with van der Waals surface area (Å²) in [6.45, 7) is 1.75. The summed E-state index contributed by atoms with van der Waals surface area (Å²) in [7, 11) is 0. The van der Waals surface area contributed by atoms with Crippen LogP contribution in [0.2, 0.25) is 0 Å². The van der Waals surface area contributed by atoms with Crippen LogP contribution >= 0.6 is 12.6 Å². The molecule has 0 spiro atoms. The summed E-state index contributed by atoms with van der Waals surface area (Å²) >= 11 is 4.78. The van der Waals surface area contributed by atoms with Gasteiger partial charge in [0.25, 0.3) is 0 Å². The Kier molecular flexibility index (Phi) is 6.19. The van der Waals surface area contributed by atoms with Crippen LogP contribution in [0.4, 0.5) is 0 Å². The van der Waals surface area contributed by atoms with E-state index in [0.29, 0.717) is 0 Å². The molecule has 3 aromatic rings. The molecule has 0 saturated carbocycles. The van der Waals surface area contributed by atoms with Crippen molar-refractivity contribution in [1.29, 1.82) is 0 Å². The minimum atomic E-state index is -0.410. The highest BCUT2D eigenvalue weighted by Crippen LogP contribution is 2.44. The number of likely N-dealkylation sites (tertiary alicyclic amines) is 1. The molecular formula is C26H27NOS. The van der Waals surface area contributed by atoms with Crippen LogP contribution < -0.4 is 0 Å². The van der Waals surface area contributed by atoms with Crippen LogP contribution in [0.25, 0.3) is 0 Å². The first-order chi connectivity index (χ1) is 14.3. The van der Waals surface area contributed by atoms with Gasteiger partial charge in [-0.15, -0.1) is 0 Å². The summed E-state index contributed by atoms with van der Waals surface area (Å²) < 4.78 is 0. The number of thiol groups is 1. The zero-order valence-electron chi connectivity index (χ0n) is 16.5. The molecule has 1 aliphatic heterocycles. The second-order valence-corrected chi connectivity index (χ2v) is 8.12. The van der Waals surface area contributed by atoms with E-state index in [1.54, 1.807) is 0 Å². The molecule has 3 aromatic carbocycles. The number of aliphatic hydroxyl groups is 1. The number of piperidine rings is 1. The van der Waals surface area contributed by atoms with Crippen LogP contribution in [0.15, 0.2) is 103 Å². The molecule has 3 heteroatoms. The molecule has 1 aliphatic rings. The summed E-state index contributed by atoms with van der Waals surface area (Å²) in [6.07, 6.45) is 2.87. The molecular weight excluding hydrogens is 374 g/mol. The van der Waals surface area contributed by atoms with Crippen molar-refractivity contribution < 1.29 is 5.11 Å². The Morgan fingerprint density at radius 2 is 1.28 bits per heavy atom. The average molecular weight is 402 g/mol. The van der Waals surface area contributed by atoms with Crippen LogP contribution in [0, 0.1) is 0 Å². The molecule has 0 bridgehead atoms. The van der Waals surface area contributed by atoms with E-state index in [2.05, 4.69) is 95.9 Å². The third kappa shape index (κ3) is 3.78. The minimum absolute atomic E-state index is 0.0508. The monoisotopic (exact) mass is 401 g/mol. The first-order valence-corrected chi connectivity index (χ1v) is 10.7. The number of nitrogens with zero attached hydrogens (tertiary/aromatic N) is 1. The standard InChI is InChI=1S/C26H27NOS/c28-19-17-21-20-27(18-16-25(21)29)26(22-10-4-1-5-11-22,23-12-6-2-7-13-23)24-14-8-3-9-15-24/h1-15,17,25,28-29H,16,18-20H2/b21-17+. The van der Waals surface area contributed by atoms with Gasteiger partial charge < -0.3 is 5.11 Å². The molecule has 1 N–H and O–H groups in total. The van der Waals surface area contributed by atoms with E-state index in [1.165, 1.54) is 22.3 Å². The number of rotatable bonds is 5. The van der Waals surface area contributed by atoms with Crippen LogP contribution in [-0.4, -0.2) is 35.0 Å². The van der Waals surface area contributed by atoms with Gasteiger partial charge in [-0.3, -0.25) is 4.90 Å². The van der Waals surface area contributed by atoms with E-state index in [4.69, 9.17) is 12.6 Å². The zero-order chi connectivity index (χ0) is 20.1. The van der Waals surface area contributed by atoms with E-state index in [-0.39, 0.29) is 11.9 Å². The zero-order valence-corrected chi connectivity index (χ0v) is 17.4. The summed E-state index contributed by atoms with van der Waals surface area (Å²) in [4.78, 5) is 2.54. The van der Waals surface area contributed by atoms with E-state index < -0.39 is 5.54 Å². The Morgan fingerprint density at radius 3 is 1.69 bits per heavy atom. The lowest BCUT2D eigenvalue weighted by Gasteiger charge is -2.48. The van der Waals surface area contributed by atoms with Crippen LogP contribution in [0.1, 0.15) is 23.1 Å². The van der Waals surface area contributed by atoms with E-state index in [1.807, 2.05) is 6.08 Å². The third-order valence-corrected chi connectivity index (χ3v) is 6.47. The van der Waals surface area contributed by atoms with Gasteiger partial charge in [0.05, 0.1) is 12.1 Å². The summed E-state index contributed by atoms with van der Waals surface area (Å²) in [5, 5.41) is 9.74. The number of aliphatic hydroxyl groups excluding tert-OH is 1. The van der Waals surface area contributed by atoms with Crippen molar-refractivity contribution in [3.8, 4) is 0 Å². The van der Waals surface area contributed by atoms with E-state index in [9.17, 15) is 5.11 Å². The molecule has 0 radical (unpaired) electrons. The molecule has 1 unspecified atom stereocenters. The normalized spacial score (nSPS) is 19.4. The predicted octanol–water partition coefficient (Wildman–Crippen LogP) is 4.90. The Morgan fingerprint density at radius 1 is 0.828 bits per heavy atom. The lowest BCUT2D eigenvalue weighted by atomic mass is 9.74. The third-order valence-electron chi connectivity index (χ3n) is 5.88. The van der Waals surface area contributed by atoms with Gasteiger partial charge in [0.15, 0.2) is 0 Å². The van der Waals surface area contributed by atoms with Gasteiger partial charge in [0.1, 0.15) is 0 Å². The van der Waals surface area contributed by atoms with Crippen molar-refractivity contribution >= 4 is 12.6 Å². The quantitative estimate of drug-likeness (QED) is 0.361. The number of hydrogen-bond donors (Lipinski definition) is 2. The SMILES string of the molecule is OC/C=C1\CN(C(c2ccccc2)(c2ccccc2)c2ccccc2)CCC1S. The number of hydrogen-bond acceptors (Lipinski definition) is 3. The van der Waals surface area contributed by atoms with Gasteiger partial charge in [-0.05, 0) is 28.7 Å². The second-order valence-electron chi connectivity index (χ2n) is 7.50. The molecule has 29 heavy (non-hydrogen) atoms. The van der Waals surface area contributed by atoms with Crippen molar-refractivity contribution in [3.63, 3.8) is 0 Å². The van der Waals surface area contributed by atoms with Crippen LogP contribution in [0.5, 0.6) is 0 Å². The molecule has 1 saturated heterocycles. The van der Waals surface area contributed by atoms with Crippen molar-refractivity contribution in [2.45, 2.75) is 17.2 Å². The van der Waals surface area contributed by atoms with E-state index >= 15 is 0 Å². The molecule has 0 amide bonds. The maximum atomic E-state index is 9.55. The molecule has 4 rings (SSSR count). The first-order valence-electron chi connectivity index (χ1n) is 10.2. The summed E-state index contributed by atoms with van der Waals surface area (Å²) in [6, 6.07) is 32.3. The topological polar surface area (TPSA) is 23.5 Å². The summed E-state index contributed by atoms with van der Waals surface area (Å²) in [5.41, 5.74) is 4.52.